The van der Waals surface area contributed by atoms with Crippen LogP contribution in [0.1, 0.15) is 25.8 Å². The lowest BCUT2D eigenvalue weighted by atomic mass is 9.94. The Balaban J connectivity index is 1.20. The van der Waals surface area contributed by atoms with E-state index < -0.39 is 39.1 Å². The van der Waals surface area contributed by atoms with Crippen LogP contribution in [-0.2, 0) is 40.3 Å². The number of nitrogens with one attached hydrogen (secondary N) is 2. The first kappa shape index (κ1) is 34.5. The van der Waals surface area contributed by atoms with E-state index in [9.17, 15) is 31.2 Å². The summed E-state index contributed by atoms with van der Waals surface area (Å²) in [5.74, 6) is -2.80. The first-order valence-electron chi connectivity index (χ1n) is 15.4. The van der Waals surface area contributed by atoms with E-state index >= 15 is 0 Å². The van der Waals surface area contributed by atoms with Crippen molar-refractivity contribution in [3.05, 3.63) is 64.7 Å². The molecule has 2 aromatic rings. The van der Waals surface area contributed by atoms with Crippen LogP contribution in [0, 0.1) is 0 Å². The number of morpholine rings is 2. The van der Waals surface area contributed by atoms with E-state index in [1.807, 2.05) is 29.2 Å². The van der Waals surface area contributed by atoms with Gasteiger partial charge in [0, 0.05) is 49.0 Å². The molecule has 6 rings (SSSR count). The first-order chi connectivity index (χ1) is 22.7. The van der Waals surface area contributed by atoms with Crippen LogP contribution in [0.3, 0.4) is 0 Å². The van der Waals surface area contributed by atoms with Gasteiger partial charge in [-0.25, -0.2) is 13.2 Å². The Morgan fingerprint density at radius 2 is 1.75 bits per heavy atom. The first-order valence-corrected chi connectivity index (χ1v) is 17.7. The molecule has 12 nitrogen and oxygen atoms in total. The molecule has 2 saturated heterocycles. The molecule has 0 saturated carbocycles. The van der Waals surface area contributed by atoms with Gasteiger partial charge in [-0.1, -0.05) is 30.0 Å². The molecule has 0 spiro atoms. The summed E-state index contributed by atoms with van der Waals surface area (Å²) in [4.78, 5) is 32.3. The SMILES string of the molecule is CC1(C)CC2=C(SC(N3CCOCC3Cc3cccc(Nc4cccc(S(=O)(=O)N5CCOCC5)c4)c3)N2OC(=O)C(F)(F)F)C(=O)N1. The van der Waals surface area contributed by atoms with Crippen LogP contribution < -0.4 is 10.6 Å². The number of ether oxygens (including phenoxy) is 2. The van der Waals surface area contributed by atoms with Crippen LogP contribution in [0.4, 0.5) is 24.5 Å². The van der Waals surface area contributed by atoms with E-state index in [2.05, 4.69) is 10.6 Å². The van der Waals surface area contributed by atoms with Crippen molar-refractivity contribution in [2.45, 2.75) is 54.8 Å². The molecule has 2 atom stereocenters. The van der Waals surface area contributed by atoms with E-state index in [1.54, 1.807) is 38.1 Å². The molecular formula is C31H36F3N5O7S2. The molecule has 4 heterocycles. The lowest BCUT2D eigenvalue weighted by molar-refractivity contribution is -0.243. The Morgan fingerprint density at radius 1 is 1.06 bits per heavy atom. The predicted molar refractivity (Wildman–Crippen MR) is 170 cm³/mol. The molecule has 4 aliphatic heterocycles. The standard InChI is InChI=1S/C31H36F3N5O7S2/c1-30(2)18-25-26(27(40)36-30)47-29(39(25)46-28(41)31(32,33)34)38-11-14-45-19-23(38)16-20-5-3-6-21(15-20)35-22-7-4-8-24(17-22)48(42,43)37-9-12-44-13-10-37/h3-8,15,17,23,29,35H,9-14,16,18-19H2,1-2H3,(H,36,40). The number of carbonyl (C=O) groups excluding carboxylic acids is 2. The predicted octanol–water partition coefficient (Wildman–Crippen LogP) is 3.56. The summed E-state index contributed by atoms with van der Waals surface area (Å²) in [7, 11) is -3.69. The molecule has 0 aromatic heterocycles. The summed E-state index contributed by atoms with van der Waals surface area (Å²) in [6, 6.07) is 13.7. The van der Waals surface area contributed by atoms with Crippen molar-refractivity contribution in [1.82, 2.24) is 19.6 Å². The van der Waals surface area contributed by atoms with E-state index in [4.69, 9.17) is 14.3 Å². The van der Waals surface area contributed by atoms with Gasteiger partial charge in [-0.05, 0) is 56.2 Å². The highest BCUT2D eigenvalue weighted by atomic mass is 32.2. The van der Waals surface area contributed by atoms with Gasteiger partial charge in [0.2, 0.25) is 10.0 Å². The second kappa shape index (κ2) is 13.5. The third-order valence-electron chi connectivity index (χ3n) is 8.32. The normalized spacial score (nSPS) is 23.9. The second-order valence-corrected chi connectivity index (χ2v) is 15.5. The molecule has 0 radical (unpaired) electrons. The molecule has 0 bridgehead atoms. The van der Waals surface area contributed by atoms with Gasteiger partial charge in [-0.15, -0.1) is 0 Å². The maximum absolute atomic E-state index is 13.4. The molecular weight excluding hydrogens is 675 g/mol. The zero-order valence-corrected chi connectivity index (χ0v) is 27.9. The van der Waals surface area contributed by atoms with E-state index in [0.717, 1.165) is 22.4 Å². The third-order valence-corrected chi connectivity index (χ3v) is 11.5. The highest BCUT2D eigenvalue weighted by molar-refractivity contribution is 8.04. The van der Waals surface area contributed by atoms with Crippen LogP contribution in [0.15, 0.2) is 64.0 Å². The Bertz CT molecular complexity index is 1700. The fourth-order valence-electron chi connectivity index (χ4n) is 6.09. The Labute approximate surface area is 280 Å². The number of carbonyl (C=O) groups is 2. The Hall–Kier alpha value is -3.35. The lowest BCUT2D eigenvalue weighted by Gasteiger charge is -2.42. The number of thioether (sulfide) groups is 1. The van der Waals surface area contributed by atoms with Crippen molar-refractivity contribution in [3.8, 4) is 0 Å². The van der Waals surface area contributed by atoms with E-state index in [1.165, 1.54) is 4.31 Å². The topological polar surface area (TPSA) is 130 Å². The van der Waals surface area contributed by atoms with Crippen molar-refractivity contribution >= 4 is 45.0 Å². The number of halogens is 3. The zero-order chi connectivity index (χ0) is 34.3. The number of hydrogen-bond donors (Lipinski definition) is 2. The van der Waals surface area contributed by atoms with Crippen LogP contribution in [-0.4, -0.2) is 104 Å². The number of hydroxylamine groups is 2. The number of benzene rings is 2. The summed E-state index contributed by atoms with van der Waals surface area (Å²) in [5, 5.41) is 7.08. The molecule has 2 aromatic carbocycles. The van der Waals surface area contributed by atoms with Crippen LogP contribution in [0.5, 0.6) is 0 Å². The number of sulfonamides is 1. The monoisotopic (exact) mass is 711 g/mol. The average Bonchev–Trinajstić information content (AvgIpc) is 3.38. The lowest BCUT2D eigenvalue weighted by Crippen LogP contribution is -2.56. The van der Waals surface area contributed by atoms with Gasteiger partial charge in [-0.3, -0.25) is 9.69 Å². The minimum absolute atomic E-state index is 0.166. The number of amides is 1. The van der Waals surface area contributed by atoms with Gasteiger partial charge >= 0.3 is 12.1 Å². The molecule has 2 unspecified atom stereocenters. The summed E-state index contributed by atoms with van der Waals surface area (Å²) < 4.78 is 78.9. The molecule has 0 aliphatic carbocycles. The van der Waals surface area contributed by atoms with Gasteiger partial charge < -0.3 is 24.9 Å². The maximum atomic E-state index is 13.4. The fraction of sp³-hybridized carbons (Fsp3) is 0.484. The summed E-state index contributed by atoms with van der Waals surface area (Å²) >= 11 is 1.05. The molecule has 1 amide bonds. The molecule has 4 aliphatic rings. The highest BCUT2D eigenvalue weighted by Crippen LogP contribution is 2.46. The minimum atomic E-state index is -5.23. The van der Waals surface area contributed by atoms with Gasteiger partial charge in [-0.2, -0.15) is 22.5 Å². The van der Waals surface area contributed by atoms with E-state index in [0.29, 0.717) is 44.2 Å². The smallest absolute Gasteiger partial charge is 0.379 e. The van der Waals surface area contributed by atoms with Crippen molar-refractivity contribution in [2.75, 3.05) is 51.4 Å². The number of alkyl halides is 3. The van der Waals surface area contributed by atoms with Gasteiger partial charge in [0.1, 0.15) is 0 Å². The Morgan fingerprint density at radius 3 is 2.48 bits per heavy atom. The van der Waals surface area contributed by atoms with Gasteiger partial charge in [0.05, 0.1) is 41.9 Å². The van der Waals surface area contributed by atoms with Gasteiger partial charge in [0.15, 0.2) is 5.50 Å². The maximum Gasteiger partial charge on any atom is 0.493 e. The minimum Gasteiger partial charge on any atom is -0.379 e. The number of rotatable bonds is 8. The molecule has 17 heteroatoms. The largest absolute Gasteiger partial charge is 0.493 e. The van der Waals surface area contributed by atoms with Crippen molar-refractivity contribution < 1.29 is 45.5 Å². The quantitative estimate of drug-likeness (QED) is 0.417. The van der Waals surface area contributed by atoms with Crippen LogP contribution in [0.2, 0.25) is 0 Å². The number of nitrogens with zero attached hydrogens (tertiary/aromatic N) is 3. The molecule has 260 valence electrons. The molecule has 2 N–H and O–H groups in total. The summed E-state index contributed by atoms with van der Waals surface area (Å²) in [6.07, 6.45) is -4.64. The number of hydrogen-bond acceptors (Lipinski definition) is 11. The summed E-state index contributed by atoms with van der Waals surface area (Å²) in [5.41, 5.74) is 0.683. The average molecular weight is 712 g/mol. The highest BCUT2D eigenvalue weighted by Gasteiger charge is 2.51. The van der Waals surface area contributed by atoms with Crippen molar-refractivity contribution in [1.29, 1.82) is 0 Å². The van der Waals surface area contributed by atoms with Crippen molar-refractivity contribution in [2.24, 2.45) is 0 Å². The molecule has 48 heavy (non-hydrogen) atoms. The number of anilines is 2. The Kier molecular flexibility index (Phi) is 9.72. The zero-order valence-electron chi connectivity index (χ0n) is 26.3. The summed E-state index contributed by atoms with van der Waals surface area (Å²) in [6.45, 7) is 5.61. The fourth-order valence-corrected chi connectivity index (χ4v) is 8.89. The van der Waals surface area contributed by atoms with Crippen LogP contribution >= 0.6 is 11.8 Å². The van der Waals surface area contributed by atoms with Crippen LogP contribution in [0.25, 0.3) is 0 Å². The van der Waals surface area contributed by atoms with E-state index in [-0.39, 0.29) is 47.7 Å². The third kappa shape index (κ3) is 7.45. The van der Waals surface area contributed by atoms with Gasteiger partial charge in [0.25, 0.3) is 5.91 Å². The molecule has 2 fully saturated rings. The van der Waals surface area contributed by atoms with Crippen molar-refractivity contribution in [3.63, 3.8) is 0 Å². The second-order valence-electron chi connectivity index (χ2n) is 12.5.